The highest BCUT2D eigenvalue weighted by Crippen LogP contribution is 2.30. The molecule has 2 saturated heterocycles. The lowest BCUT2D eigenvalue weighted by atomic mass is 10.0. The van der Waals surface area contributed by atoms with Crippen LogP contribution < -0.4 is 24.2 Å². The molecule has 5 nitrogen and oxygen atoms in total. The van der Waals surface area contributed by atoms with Gasteiger partial charge in [-0.15, -0.1) is 0 Å². The van der Waals surface area contributed by atoms with Crippen molar-refractivity contribution in [2.75, 3.05) is 53.5 Å². The van der Waals surface area contributed by atoms with Gasteiger partial charge in [-0.1, -0.05) is 36.4 Å². The lowest BCUT2D eigenvalue weighted by Crippen LogP contribution is -3.30. The normalized spacial score (nSPS) is 26.9. The molecule has 2 fully saturated rings. The van der Waals surface area contributed by atoms with Crippen molar-refractivity contribution >= 4 is 0 Å². The second-order valence-corrected chi connectivity index (χ2v) is 8.92. The minimum Gasteiger partial charge on any atom is -0.493 e. The third-order valence-electron chi connectivity index (χ3n) is 7.09. The molecular weight excluding hydrogens is 374 g/mol. The summed E-state index contributed by atoms with van der Waals surface area (Å²) in [5.74, 6) is 1.74. The summed E-state index contributed by atoms with van der Waals surface area (Å²) in [6, 6.07) is 18.1. The van der Waals surface area contributed by atoms with E-state index in [-0.39, 0.29) is 0 Å². The zero-order valence-corrected chi connectivity index (χ0v) is 18.6. The van der Waals surface area contributed by atoms with Gasteiger partial charge in [0, 0.05) is 18.4 Å². The molecular formula is C25H38N3O2+3. The Morgan fingerprint density at radius 3 is 2.10 bits per heavy atom. The van der Waals surface area contributed by atoms with Crippen LogP contribution in [-0.4, -0.2) is 59.5 Å². The molecule has 2 aromatic carbocycles. The number of rotatable bonds is 7. The first kappa shape index (κ1) is 21.2. The summed E-state index contributed by atoms with van der Waals surface area (Å²) in [5.41, 5.74) is 2.73. The summed E-state index contributed by atoms with van der Waals surface area (Å²) < 4.78 is 11.1. The van der Waals surface area contributed by atoms with Gasteiger partial charge in [-0.2, -0.15) is 0 Å². The maximum atomic E-state index is 5.63. The molecule has 4 rings (SSSR count). The van der Waals surface area contributed by atoms with E-state index in [0.29, 0.717) is 0 Å². The molecule has 0 spiro atoms. The molecule has 0 bridgehead atoms. The van der Waals surface area contributed by atoms with Gasteiger partial charge in [-0.3, -0.25) is 0 Å². The molecule has 0 saturated carbocycles. The van der Waals surface area contributed by atoms with E-state index in [2.05, 4.69) is 42.5 Å². The molecule has 5 heteroatoms. The summed E-state index contributed by atoms with van der Waals surface area (Å²) in [7, 11) is 3.45. The molecule has 2 aliphatic rings. The quantitative estimate of drug-likeness (QED) is 0.558. The Labute approximate surface area is 181 Å². The number of nitrogens with one attached hydrogen (secondary N) is 3. The van der Waals surface area contributed by atoms with Crippen LogP contribution in [0.25, 0.3) is 0 Å². The molecule has 2 aromatic rings. The Balaban J connectivity index is 1.24. The number of hydrogen-bond acceptors (Lipinski definition) is 2. The predicted octanol–water partition coefficient (Wildman–Crippen LogP) is -0.765. The second kappa shape index (κ2) is 10.3. The molecule has 0 aromatic heterocycles. The molecule has 0 aliphatic carbocycles. The maximum Gasteiger partial charge on any atom is 0.169 e. The van der Waals surface area contributed by atoms with Crippen LogP contribution in [-0.2, 0) is 13.1 Å². The SMILES string of the molecule is COc1cccc(C[NH+]2CC[NH+](C3CC[NH+](Cc4ccccc4)CC3)CC2)c1OC. The first-order valence-corrected chi connectivity index (χ1v) is 11.5. The predicted molar refractivity (Wildman–Crippen MR) is 119 cm³/mol. The van der Waals surface area contributed by atoms with Crippen LogP contribution in [0.3, 0.4) is 0 Å². The van der Waals surface area contributed by atoms with E-state index in [1.165, 1.54) is 69.8 Å². The van der Waals surface area contributed by atoms with Crippen molar-refractivity contribution < 1.29 is 24.2 Å². The van der Waals surface area contributed by atoms with Gasteiger partial charge in [-0.05, 0) is 12.1 Å². The fraction of sp³-hybridized carbons (Fsp3) is 0.520. The Morgan fingerprint density at radius 2 is 1.43 bits per heavy atom. The zero-order valence-electron chi connectivity index (χ0n) is 18.6. The van der Waals surface area contributed by atoms with E-state index < -0.39 is 0 Å². The number of quaternary nitrogens is 3. The van der Waals surface area contributed by atoms with Crippen molar-refractivity contribution in [2.24, 2.45) is 0 Å². The van der Waals surface area contributed by atoms with Crippen LogP contribution in [0, 0.1) is 0 Å². The van der Waals surface area contributed by atoms with Gasteiger partial charge in [0.1, 0.15) is 39.3 Å². The molecule has 2 aliphatic heterocycles. The fourth-order valence-corrected chi connectivity index (χ4v) is 5.37. The number of benzene rings is 2. The summed E-state index contributed by atoms with van der Waals surface area (Å²) in [6.45, 7) is 9.91. The molecule has 2 heterocycles. The van der Waals surface area contributed by atoms with Crippen LogP contribution in [0.5, 0.6) is 11.5 Å². The Morgan fingerprint density at radius 1 is 0.733 bits per heavy atom. The zero-order chi connectivity index (χ0) is 20.8. The first-order chi connectivity index (χ1) is 14.8. The van der Waals surface area contributed by atoms with Gasteiger partial charge >= 0.3 is 0 Å². The number of para-hydroxylation sites is 1. The van der Waals surface area contributed by atoms with Gasteiger partial charge in [0.05, 0.1) is 38.9 Å². The number of hydrogen-bond donors (Lipinski definition) is 3. The first-order valence-electron chi connectivity index (χ1n) is 11.5. The number of piperidine rings is 1. The Bertz CT molecular complexity index is 782. The van der Waals surface area contributed by atoms with Crippen molar-refractivity contribution in [1.82, 2.24) is 0 Å². The number of likely N-dealkylation sites (tertiary alicyclic amines) is 1. The molecule has 162 valence electrons. The highest BCUT2D eigenvalue weighted by atomic mass is 16.5. The number of piperazine rings is 1. The molecule has 30 heavy (non-hydrogen) atoms. The summed E-state index contributed by atoms with van der Waals surface area (Å²) in [5, 5.41) is 0. The highest BCUT2D eigenvalue weighted by molar-refractivity contribution is 5.46. The van der Waals surface area contributed by atoms with Crippen molar-refractivity contribution in [3.05, 3.63) is 59.7 Å². The Hall–Kier alpha value is -2.08. The van der Waals surface area contributed by atoms with E-state index in [4.69, 9.17) is 9.47 Å². The van der Waals surface area contributed by atoms with Crippen LogP contribution in [0.1, 0.15) is 24.0 Å². The van der Waals surface area contributed by atoms with Gasteiger partial charge < -0.3 is 24.2 Å². The Kier molecular flexibility index (Phi) is 7.26. The topological polar surface area (TPSA) is 31.8 Å². The summed E-state index contributed by atoms with van der Waals surface area (Å²) >= 11 is 0. The lowest BCUT2D eigenvalue weighted by Gasteiger charge is -2.37. The van der Waals surface area contributed by atoms with Crippen LogP contribution in [0.2, 0.25) is 0 Å². The van der Waals surface area contributed by atoms with Gasteiger partial charge in [0.2, 0.25) is 0 Å². The molecule has 0 amide bonds. The molecule has 3 N–H and O–H groups in total. The third kappa shape index (κ3) is 5.15. The smallest absolute Gasteiger partial charge is 0.169 e. The minimum atomic E-state index is 0.837. The van der Waals surface area contributed by atoms with E-state index in [1.807, 2.05) is 11.0 Å². The summed E-state index contributed by atoms with van der Waals surface area (Å²) in [4.78, 5) is 5.26. The molecule has 0 atom stereocenters. The number of ether oxygens (including phenoxy) is 2. The van der Waals surface area contributed by atoms with Crippen molar-refractivity contribution in [3.63, 3.8) is 0 Å². The fourth-order valence-electron chi connectivity index (χ4n) is 5.37. The standard InChI is InChI=1S/C25H35N3O2/c1-29-24-10-6-9-22(25(24)30-2)20-27-15-17-28(18-16-27)23-11-13-26(14-12-23)19-21-7-4-3-5-8-21/h3-10,23H,11-20H2,1-2H3/p+3. The molecule has 0 radical (unpaired) electrons. The average Bonchev–Trinajstić information content (AvgIpc) is 2.80. The third-order valence-corrected chi connectivity index (χ3v) is 7.09. The minimum absolute atomic E-state index is 0.837. The van der Waals surface area contributed by atoms with E-state index >= 15 is 0 Å². The van der Waals surface area contributed by atoms with Crippen molar-refractivity contribution in [1.29, 1.82) is 0 Å². The molecule has 0 unspecified atom stereocenters. The van der Waals surface area contributed by atoms with E-state index in [9.17, 15) is 0 Å². The lowest BCUT2D eigenvalue weighted by molar-refractivity contribution is -1.04. The number of methoxy groups -OCH3 is 2. The van der Waals surface area contributed by atoms with Crippen LogP contribution in [0.4, 0.5) is 0 Å². The summed E-state index contributed by atoms with van der Waals surface area (Å²) in [6.07, 6.45) is 2.74. The van der Waals surface area contributed by atoms with Crippen LogP contribution in [0.15, 0.2) is 48.5 Å². The van der Waals surface area contributed by atoms with E-state index in [1.54, 1.807) is 24.0 Å². The van der Waals surface area contributed by atoms with Gasteiger partial charge in [0.15, 0.2) is 11.5 Å². The van der Waals surface area contributed by atoms with E-state index in [0.717, 1.165) is 24.1 Å². The highest BCUT2D eigenvalue weighted by Gasteiger charge is 2.34. The van der Waals surface area contributed by atoms with Gasteiger partial charge in [0.25, 0.3) is 0 Å². The monoisotopic (exact) mass is 412 g/mol. The van der Waals surface area contributed by atoms with Crippen LogP contribution >= 0.6 is 0 Å². The average molecular weight is 413 g/mol. The second-order valence-electron chi connectivity index (χ2n) is 8.92. The van der Waals surface area contributed by atoms with Crippen molar-refractivity contribution in [2.45, 2.75) is 32.0 Å². The van der Waals surface area contributed by atoms with Gasteiger partial charge in [-0.25, -0.2) is 0 Å². The maximum absolute atomic E-state index is 5.63. The largest absolute Gasteiger partial charge is 0.493 e. The van der Waals surface area contributed by atoms with Crippen molar-refractivity contribution in [3.8, 4) is 11.5 Å².